The Kier molecular flexibility index (Phi) is 5.37. The summed E-state index contributed by atoms with van der Waals surface area (Å²) >= 11 is 1.62. The van der Waals surface area contributed by atoms with E-state index in [-0.39, 0.29) is 11.6 Å². The van der Waals surface area contributed by atoms with E-state index in [1.54, 1.807) is 24.6 Å². The summed E-state index contributed by atoms with van der Waals surface area (Å²) in [5, 5.41) is 6.00. The fraction of sp³-hybridized carbons (Fsp3) is 0.714. The Hall–Kier alpha value is -1.14. The maximum atomic E-state index is 12.1. The second-order valence-corrected chi connectivity index (χ2v) is 6.38. The number of nitrogens with one attached hydrogen (secondary N) is 1. The van der Waals surface area contributed by atoms with Gasteiger partial charge in [-0.25, -0.2) is 9.78 Å². The van der Waals surface area contributed by atoms with Crippen LogP contribution in [0.2, 0.25) is 0 Å². The number of likely N-dealkylation sites (tertiary alicyclic amines) is 1. The Labute approximate surface area is 124 Å². The summed E-state index contributed by atoms with van der Waals surface area (Å²) < 4.78 is 5.55. The number of carbonyl (C=O) groups excluding carboxylic acids is 1. The number of thiazole rings is 1. The van der Waals surface area contributed by atoms with Crippen LogP contribution in [0, 0.1) is 0 Å². The molecule has 1 atom stereocenters. The van der Waals surface area contributed by atoms with Crippen molar-refractivity contribution in [3.63, 3.8) is 0 Å². The van der Waals surface area contributed by atoms with Crippen molar-refractivity contribution in [2.45, 2.75) is 38.2 Å². The summed E-state index contributed by atoms with van der Waals surface area (Å²) in [4.78, 5) is 18.2. The Bertz CT molecular complexity index is 424. The van der Waals surface area contributed by atoms with E-state index >= 15 is 0 Å². The number of urea groups is 1. The minimum atomic E-state index is -0.0874. The van der Waals surface area contributed by atoms with Gasteiger partial charge in [-0.3, -0.25) is 0 Å². The first-order valence-corrected chi connectivity index (χ1v) is 7.97. The van der Waals surface area contributed by atoms with Crippen LogP contribution in [0.3, 0.4) is 0 Å². The molecule has 1 fully saturated rings. The molecular formula is C14H23N3O2S. The zero-order chi connectivity index (χ0) is 14.4. The van der Waals surface area contributed by atoms with Crippen molar-refractivity contribution >= 4 is 17.4 Å². The Morgan fingerprint density at radius 2 is 2.40 bits per heavy atom. The zero-order valence-corrected chi connectivity index (χ0v) is 13.0. The van der Waals surface area contributed by atoms with Gasteiger partial charge in [0.1, 0.15) is 0 Å². The van der Waals surface area contributed by atoms with Crippen LogP contribution in [0.15, 0.2) is 11.6 Å². The van der Waals surface area contributed by atoms with Crippen molar-refractivity contribution < 1.29 is 9.53 Å². The van der Waals surface area contributed by atoms with E-state index in [1.807, 2.05) is 10.3 Å². The van der Waals surface area contributed by atoms with Crippen LogP contribution in [0.25, 0.3) is 0 Å². The van der Waals surface area contributed by atoms with Crippen LogP contribution in [-0.4, -0.2) is 48.3 Å². The molecule has 1 aromatic rings. The summed E-state index contributed by atoms with van der Waals surface area (Å²) in [6.45, 7) is 4.33. The molecule has 0 aromatic carbocycles. The normalized spacial score (nSPS) is 23.4. The lowest BCUT2D eigenvalue weighted by molar-refractivity contribution is -0.00499. The fourth-order valence-corrected chi connectivity index (χ4v) is 3.04. The Morgan fingerprint density at radius 1 is 1.55 bits per heavy atom. The molecule has 1 aromatic heterocycles. The molecule has 1 N–H and O–H groups in total. The Morgan fingerprint density at radius 3 is 3.10 bits per heavy atom. The zero-order valence-electron chi connectivity index (χ0n) is 12.2. The summed E-state index contributed by atoms with van der Waals surface area (Å²) in [7, 11) is 1.75. The molecular weight excluding hydrogens is 274 g/mol. The van der Waals surface area contributed by atoms with Crippen molar-refractivity contribution in [3.05, 3.63) is 16.6 Å². The van der Waals surface area contributed by atoms with Gasteiger partial charge in [0.15, 0.2) is 0 Å². The van der Waals surface area contributed by atoms with Crippen LogP contribution in [0.5, 0.6) is 0 Å². The van der Waals surface area contributed by atoms with Crippen LogP contribution >= 0.6 is 11.3 Å². The largest absolute Gasteiger partial charge is 0.378 e. The van der Waals surface area contributed by atoms with Crippen molar-refractivity contribution in [1.29, 1.82) is 0 Å². The molecule has 1 aliphatic rings. The van der Waals surface area contributed by atoms with E-state index in [0.29, 0.717) is 6.54 Å². The molecule has 0 saturated carbocycles. The predicted octanol–water partition coefficient (Wildman–Crippen LogP) is 2.29. The molecule has 0 spiro atoms. The third kappa shape index (κ3) is 4.18. The number of carbonyl (C=O) groups is 1. The molecule has 5 nitrogen and oxygen atoms in total. The minimum Gasteiger partial charge on any atom is -0.378 e. The second kappa shape index (κ2) is 7.04. The number of rotatable bonds is 4. The highest BCUT2D eigenvalue weighted by atomic mass is 32.1. The Balaban J connectivity index is 1.75. The molecule has 1 aliphatic heterocycles. The summed E-state index contributed by atoms with van der Waals surface area (Å²) in [5.41, 5.74) is -0.0874. The van der Waals surface area contributed by atoms with Crippen molar-refractivity contribution in [1.82, 2.24) is 15.2 Å². The van der Waals surface area contributed by atoms with E-state index in [1.165, 1.54) is 0 Å². The van der Waals surface area contributed by atoms with Crippen molar-refractivity contribution in [2.75, 3.05) is 26.7 Å². The van der Waals surface area contributed by atoms with E-state index in [4.69, 9.17) is 4.74 Å². The molecule has 6 heteroatoms. The average Bonchev–Trinajstić information content (AvgIpc) is 2.87. The first-order valence-electron chi connectivity index (χ1n) is 7.09. The van der Waals surface area contributed by atoms with E-state index < -0.39 is 0 Å². The average molecular weight is 297 g/mol. The van der Waals surface area contributed by atoms with Gasteiger partial charge >= 0.3 is 6.03 Å². The van der Waals surface area contributed by atoms with Gasteiger partial charge in [0.05, 0.1) is 10.6 Å². The smallest absolute Gasteiger partial charge is 0.317 e. The summed E-state index contributed by atoms with van der Waals surface area (Å²) in [6.07, 6.45) is 5.48. The molecule has 0 aliphatic carbocycles. The summed E-state index contributed by atoms with van der Waals surface area (Å²) in [6, 6.07) is 0.0295. The topological polar surface area (TPSA) is 54.5 Å². The van der Waals surface area contributed by atoms with Gasteiger partial charge in [-0.05, 0) is 26.2 Å². The van der Waals surface area contributed by atoms with Crippen molar-refractivity contribution in [3.8, 4) is 0 Å². The number of aromatic nitrogens is 1. The van der Waals surface area contributed by atoms with Crippen molar-refractivity contribution in [2.24, 2.45) is 0 Å². The molecule has 2 amide bonds. The van der Waals surface area contributed by atoms with Gasteiger partial charge in [-0.1, -0.05) is 0 Å². The number of nitrogens with zero attached hydrogens (tertiary/aromatic N) is 2. The predicted molar refractivity (Wildman–Crippen MR) is 80.1 cm³/mol. The maximum Gasteiger partial charge on any atom is 0.317 e. The third-order valence-electron chi connectivity index (χ3n) is 3.92. The molecule has 2 heterocycles. The van der Waals surface area contributed by atoms with Crippen LogP contribution in [0.4, 0.5) is 4.79 Å². The van der Waals surface area contributed by atoms with Gasteiger partial charge in [0, 0.05) is 44.7 Å². The molecule has 1 unspecified atom stereocenters. The van der Waals surface area contributed by atoms with E-state index in [2.05, 4.69) is 17.2 Å². The van der Waals surface area contributed by atoms with Gasteiger partial charge in [0.2, 0.25) is 0 Å². The highest BCUT2D eigenvalue weighted by Crippen LogP contribution is 2.24. The standard InChI is InChI=1S/C14H23N3O2S/c1-14(19-2)5-3-9-17(10-6-14)13(18)16-7-4-12-15-8-11-20-12/h8,11H,3-7,9-10H2,1-2H3,(H,16,18). The van der Waals surface area contributed by atoms with E-state index in [9.17, 15) is 4.79 Å². The van der Waals surface area contributed by atoms with Crippen LogP contribution < -0.4 is 5.32 Å². The number of hydrogen-bond acceptors (Lipinski definition) is 4. The molecule has 2 rings (SSSR count). The molecule has 112 valence electrons. The lowest BCUT2D eigenvalue weighted by Gasteiger charge is -2.26. The van der Waals surface area contributed by atoms with Crippen LogP contribution in [0.1, 0.15) is 31.2 Å². The number of amides is 2. The lowest BCUT2D eigenvalue weighted by Crippen LogP contribution is -2.41. The quantitative estimate of drug-likeness (QED) is 0.927. The highest BCUT2D eigenvalue weighted by Gasteiger charge is 2.28. The van der Waals surface area contributed by atoms with Gasteiger partial charge < -0.3 is 15.0 Å². The van der Waals surface area contributed by atoms with E-state index in [0.717, 1.165) is 43.8 Å². The molecule has 0 bridgehead atoms. The molecule has 20 heavy (non-hydrogen) atoms. The first-order chi connectivity index (χ1) is 9.63. The third-order valence-corrected chi connectivity index (χ3v) is 4.76. The highest BCUT2D eigenvalue weighted by molar-refractivity contribution is 7.09. The lowest BCUT2D eigenvalue weighted by atomic mass is 9.97. The number of methoxy groups -OCH3 is 1. The fourth-order valence-electron chi connectivity index (χ4n) is 2.42. The van der Waals surface area contributed by atoms with Gasteiger partial charge in [0.25, 0.3) is 0 Å². The maximum absolute atomic E-state index is 12.1. The first kappa shape index (κ1) is 15.3. The monoisotopic (exact) mass is 297 g/mol. The molecule has 0 radical (unpaired) electrons. The SMILES string of the molecule is COC1(C)CCCN(C(=O)NCCc2nccs2)CC1. The van der Waals surface area contributed by atoms with Gasteiger partial charge in [-0.2, -0.15) is 0 Å². The van der Waals surface area contributed by atoms with Crippen LogP contribution in [-0.2, 0) is 11.2 Å². The second-order valence-electron chi connectivity index (χ2n) is 5.40. The number of hydrogen-bond donors (Lipinski definition) is 1. The minimum absolute atomic E-state index is 0.0295. The molecule has 1 saturated heterocycles. The van der Waals surface area contributed by atoms with Gasteiger partial charge in [-0.15, -0.1) is 11.3 Å². The number of ether oxygens (including phenoxy) is 1. The summed E-state index contributed by atoms with van der Waals surface area (Å²) in [5.74, 6) is 0.